The standard InChI is InChI=1S/C20H20N2O3.C12H12O4.C11H11NO4.C11H10O4.C11H12O3.C11H10O3/c1-25-18(24)20-15-12-16(20)14-17(20)13(15)19(12,14)11(7-21)22-10(8-23)9-5-3-2-4-6-9;1-15-9(13)11-3-6-4(11)8-5(11)7(3)12(6,8)10(14)16-2;12-7(8(13)14)10-1-4-2(10)6-3(10)5(1)11(4,6)9(15)16;1-15-9(14)11-5-2-6(11)4-7(11)3(5)10(2,4)8(12)13;2*1-14-9(13)11-6-3-7(11)5-8(11)4(6)10(3,5)2-12/h2-6,10-17,22-23H,8H2,1H3;3-8H,1-2H3;1-7H,12H2,(H,13,14)(H,15,16);2-7H,1H3,(H,12,13);3-8,12H,2H2,1H3;2-8H,1H3/t10?,11-,12?,13?,14?,15?,16?,17?,19?,20?;;1?,2?,3?,4?,5?,6?,7-,10?,11?;;;/m1.1.../s1. The molecule has 3 atom stereocenters. The third kappa shape index (κ3) is 3.61. The minimum Gasteiger partial charge on any atom is -0.481 e. The number of esters is 6. The highest BCUT2D eigenvalue weighted by atomic mass is 16.5. The summed E-state index contributed by atoms with van der Waals surface area (Å²) in [6, 6.07) is 11.1. The molecule has 36 saturated carbocycles. The summed E-state index contributed by atoms with van der Waals surface area (Å²) < 4.78 is 29.6. The molecule has 36 aliphatic carbocycles. The molecule has 0 saturated heterocycles. The van der Waals surface area contributed by atoms with E-state index in [1.807, 2.05) is 30.3 Å². The molecule has 0 aliphatic heterocycles. The number of nitrogens with one attached hydrogen (secondary N) is 1. The second-order valence-corrected chi connectivity index (χ2v) is 38.0. The van der Waals surface area contributed by atoms with E-state index in [9.17, 15) is 73.6 Å². The number of aliphatic carboxylic acids is 3. The fourth-order valence-electron chi connectivity index (χ4n) is 41.4. The van der Waals surface area contributed by atoms with Crippen LogP contribution in [-0.2, 0) is 76.4 Å². The van der Waals surface area contributed by atoms with Crippen molar-refractivity contribution in [3.8, 4) is 6.07 Å². The number of aliphatic hydroxyl groups excluding tert-OH is 2. The molecule has 24 nitrogen and oxygen atoms in total. The zero-order chi connectivity index (χ0) is 68.6. The molecule has 100 heavy (non-hydrogen) atoms. The fourth-order valence-corrected chi connectivity index (χ4v) is 41.4. The Morgan fingerprint density at radius 2 is 0.690 bits per heavy atom. The molecular weight excluding hydrogens is 1290 g/mol. The summed E-state index contributed by atoms with van der Waals surface area (Å²) in [5.74, 6) is 14.7. The molecule has 1 aromatic rings. The number of hydrogen-bond acceptors (Lipinski definition) is 21. The van der Waals surface area contributed by atoms with Gasteiger partial charge in [0.1, 0.15) is 18.4 Å². The van der Waals surface area contributed by atoms with Crippen LogP contribution in [0, 0.1) is 289 Å². The maximum absolute atomic E-state index is 12.2. The number of aldehydes is 1. The number of methoxy groups -OCH3 is 6. The molecule has 24 heteroatoms. The van der Waals surface area contributed by atoms with Crippen LogP contribution in [-0.4, -0.2) is 153 Å². The van der Waals surface area contributed by atoms with Crippen LogP contribution in [0.1, 0.15) is 11.6 Å². The first-order chi connectivity index (χ1) is 48.1. The summed E-state index contributed by atoms with van der Waals surface area (Å²) >= 11 is 0. The maximum atomic E-state index is 12.2. The van der Waals surface area contributed by atoms with Gasteiger partial charge in [-0.05, 0) is 219 Å². The molecule has 0 radical (unpaired) electrons. The summed E-state index contributed by atoms with van der Waals surface area (Å²) in [6.45, 7) is 0.342. The van der Waals surface area contributed by atoms with E-state index in [0.717, 1.165) is 5.56 Å². The molecule has 0 bridgehead atoms. The van der Waals surface area contributed by atoms with Crippen LogP contribution in [0.25, 0.3) is 0 Å². The van der Waals surface area contributed by atoms with Crippen molar-refractivity contribution in [2.45, 2.75) is 18.1 Å². The van der Waals surface area contributed by atoms with Crippen molar-refractivity contribution in [1.29, 1.82) is 5.26 Å². The van der Waals surface area contributed by atoms with Crippen molar-refractivity contribution in [2.24, 2.45) is 284 Å². The molecule has 1 unspecified atom stereocenters. The minimum atomic E-state index is -0.917. The Bertz CT molecular complexity index is 4160. The largest absolute Gasteiger partial charge is 0.481 e. The van der Waals surface area contributed by atoms with Crippen LogP contribution in [0.3, 0.4) is 0 Å². The molecule has 0 aromatic heterocycles. The number of carboxylic acids is 3. The number of hydrogen-bond donors (Lipinski definition) is 7. The molecule has 1 aromatic carbocycles. The Balaban J connectivity index is 0.0000000703. The highest BCUT2D eigenvalue weighted by Gasteiger charge is 3.18. The molecule has 36 aliphatic rings. The second kappa shape index (κ2) is 14.8. The first-order valence-corrected chi connectivity index (χ1v) is 37.0. The van der Waals surface area contributed by atoms with E-state index < -0.39 is 29.4 Å². The van der Waals surface area contributed by atoms with Gasteiger partial charge in [-0.25, -0.2) is 0 Å². The van der Waals surface area contributed by atoms with Gasteiger partial charge in [-0.15, -0.1) is 0 Å². The number of nitriles is 1. The van der Waals surface area contributed by atoms with Crippen molar-refractivity contribution in [3.63, 3.8) is 0 Å². The lowest BCUT2D eigenvalue weighted by Gasteiger charge is -3.10. The van der Waals surface area contributed by atoms with Crippen LogP contribution in [0.15, 0.2) is 30.3 Å². The topological polar surface area (TPSA) is 389 Å². The number of nitrogens with zero attached hydrogens (tertiary/aromatic N) is 1. The van der Waals surface area contributed by atoms with Crippen LogP contribution >= 0.6 is 0 Å². The van der Waals surface area contributed by atoms with Crippen LogP contribution in [0.5, 0.6) is 0 Å². The van der Waals surface area contributed by atoms with Gasteiger partial charge in [0, 0.05) is 28.3 Å². The Morgan fingerprint density at radius 3 is 0.940 bits per heavy atom. The van der Waals surface area contributed by atoms with Gasteiger partial charge in [0.25, 0.3) is 0 Å². The maximum Gasteiger partial charge on any atom is 0.321 e. The normalized spacial score (nSPS) is 67.2. The van der Waals surface area contributed by atoms with E-state index in [1.54, 1.807) is 0 Å². The quantitative estimate of drug-likeness (QED) is 0.0629. The zero-order valence-corrected chi connectivity index (χ0v) is 55.2. The van der Waals surface area contributed by atoms with Crippen molar-refractivity contribution < 1.29 is 102 Å². The number of carboxylic acid groups (broad SMARTS) is 3. The number of nitrogens with two attached hydrogens (primary N) is 1. The lowest BCUT2D eigenvalue weighted by molar-refractivity contribution is -0.646. The van der Waals surface area contributed by atoms with Gasteiger partial charge in [0.2, 0.25) is 0 Å². The van der Waals surface area contributed by atoms with Gasteiger partial charge in [-0.2, -0.15) is 5.26 Å². The van der Waals surface area contributed by atoms with Crippen LogP contribution in [0.4, 0.5) is 0 Å². The van der Waals surface area contributed by atoms with Gasteiger partial charge in [-0.3, -0.25) is 48.5 Å². The minimum absolute atomic E-state index is 0.0106. The number of carbonyl (C=O) groups is 10. The second-order valence-electron chi connectivity index (χ2n) is 38.0. The molecule has 520 valence electrons. The number of ether oxygens (including phenoxy) is 6. The number of carbonyl (C=O) groups excluding carboxylic acids is 7. The van der Waals surface area contributed by atoms with E-state index in [-0.39, 0.29) is 126 Å². The fraction of sp³-hybridized carbons (Fsp3) is 0.776. The number of rotatable bonds is 17. The predicted molar refractivity (Wildman–Crippen MR) is 320 cm³/mol. The third-order valence-electron chi connectivity index (χ3n) is 41.9. The average Bonchev–Trinajstić information content (AvgIpc) is 0.574. The van der Waals surface area contributed by atoms with E-state index in [0.29, 0.717) is 207 Å². The van der Waals surface area contributed by atoms with Crippen molar-refractivity contribution in [2.75, 3.05) is 55.9 Å². The smallest absolute Gasteiger partial charge is 0.321 e. The van der Waals surface area contributed by atoms with E-state index >= 15 is 0 Å². The van der Waals surface area contributed by atoms with Gasteiger partial charge < -0.3 is 64.5 Å². The van der Waals surface area contributed by atoms with E-state index in [4.69, 9.17) is 39.3 Å². The molecule has 36 fully saturated rings. The van der Waals surface area contributed by atoms with Gasteiger partial charge in [0.15, 0.2) is 0 Å². The predicted octanol–water partition coefficient (Wildman–Crippen LogP) is 0.372. The van der Waals surface area contributed by atoms with Gasteiger partial charge in [0.05, 0.1) is 105 Å². The summed E-state index contributed by atoms with van der Waals surface area (Å²) in [7, 11) is 8.87. The van der Waals surface area contributed by atoms with Crippen LogP contribution < -0.4 is 11.1 Å². The summed E-state index contributed by atoms with van der Waals surface area (Å²) in [6.07, 6.45) is 1.19. The van der Waals surface area contributed by atoms with Crippen molar-refractivity contribution >= 4 is 60.0 Å². The van der Waals surface area contributed by atoms with Crippen molar-refractivity contribution in [1.82, 2.24) is 5.32 Å². The highest BCUT2D eigenvalue weighted by molar-refractivity contribution is 5.99. The monoisotopic (exact) mass is 1370 g/mol. The lowest BCUT2D eigenvalue weighted by atomic mass is 8.91. The van der Waals surface area contributed by atoms with Crippen molar-refractivity contribution in [3.05, 3.63) is 35.9 Å². The number of benzene rings is 1. The Kier molecular flexibility index (Phi) is 8.43. The summed E-state index contributed by atoms with van der Waals surface area (Å²) in [5.41, 5.74) is 5.58. The van der Waals surface area contributed by atoms with Crippen LogP contribution in [0.2, 0.25) is 0 Å². The molecule has 0 heterocycles. The van der Waals surface area contributed by atoms with E-state index in [2.05, 4.69) is 11.4 Å². The molecule has 0 amide bonds. The Hall–Kier alpha value is -6.55. The van der Waals surface area contributed by atoms with Gasteiger partial charge >= 0.3 is 53.7 Å². The summed E-state index contributed by atoms with van der Waals surface area (Å²) in [4.78, 5) is 115. The summed E-state index contributed by atoms with van der Waals surface area (Å²) in [5, 5.41) is 60.0. The van der Waals surface area contributed by atoms with Gasteiger partial charge in [-0.1, -0.05) is 30.3 Å². The first kappa shape index (κ1) is 56.9. The molecule has 0 spiro atoms. The zero-order valence-electron chi connectivity index (χ0n) is 55.2. The SMILES string of the molecule is COC(=O)C12C3C4C1C1C2C3C41C(=O)O.COC(=O)C12C3C4C1C1C2C3C41C(=O)OC.COC(=O)C12C3C4C1C1C2C3C41C=O.COC(=O)C12C3C4C1C1C2C3C41CO.COC(=O)C12C3C4C1C1C2C3C41[C@@H](C#N)NC(CO)c1ccccc1.N[C@H](C(=O)O)C12C3C4C1C1C2C3C41C(=O)O. The molecular formula is C76H75N3O21. The highest BCUT2D eigenvalue weighted by Crippen LogP contribution is 3.15. The Morgan fingerprint density at radius 1 is 0.430 bits per heavy atom. The molecule has 8 N–H and O–H groups in total. The third-order valence-corrected chi connectivity index (χ3v) is 41.9. The first-order valence-electron chi connectivity index (χ1n) is 37.0. The average molecular weight is 1370 g/mol. The molecule has 37 rings (SSSR count). The lowest BCUT2D eigenvalue weighted by Crippen LogP contribution is -3.12. The van der Waals surface area contributed by atoms with E-state index in [1.165, 1.54) is 48.9 Å². The Labute approximate surface area is 569 Å². The number of aliphatic hydroxyl groups is 2.